The van der Waals surface area contributed by atoms with Gasteiger partial charge in [0.15, 0.2) is 17.1 Å². The van der Waals surface area contributed by atoms with Crippen molar-refractivity contribution >= 4 is 17.2 Å². The van der Waals surface area contributed by atoms with Crippen molar-refractivity contribution in [1.82, 2.24) is 14.6 Å². The minimum Gasteiger partial charge on any atom is -0.493 e. The van der Waals surface area contributed by atoms with E-state index in [1.54, 1.807) is 10.7 Å². The van der Waals surface area contributed by atoms with Crippen LogP contribution in [0.3, 0.4) is 0 Å². The number of nitrogens with one attached hydrogen (secondary N) is 1. The van der Waals surface area contributed by atoms with Gasteiger partial charge in [-0.1, -0.05) is 29.8 Å². The van der Waals surface area contributed by atoms with Crippen LogP contribution in [-0.4, -0.2) is 34.2 Å². The molecule has 0 aliphatic heterocycles. The molecule has 7 nitrogen and oxygen atoms in total. The van der Waals surface area contributed by atoms with Crippen molar-refractivity contribution in [1.29, 1.82) is 0 Å². The lowest BCUT2D eigenvalue weighted by Gasteiger charge is -2.12. The Morgan fingerprint density at radius 1 is 1.10 bits per heavy atom. The average molecular weight is 424 g/mol. The van der Waals surface area contributed by atoms with Gasteiger partial charge in [0.2, 0.25) is 0 Å². The Morgan fingerprint density at radius 3 is 2.58 bits per heavy atom. The normalized spacial score (nSPS) is 11.0. The molecule has 0 saturated heterocycles. The first-order valence-corrected chi connectivity index (χ1v) is 9.30. The Morgan fingerprint density at radius 2 is 1.87 bits per heavy atom. The number of carbonyl (C=O) groups excluding carboxylic acids is 1. The topological polar surface area (TPSA) is 77.8 Å². The van der Waals surface area contributed by atoms with Gasteiger partial charge in [-0.05, 0) is 25.1 Å². The highest BCUT2D eigenvalue weighted by molar-refractivity contribution is 6.08. The number of anilines is 1. The molecule has 2 heterocycles. The van der Waals surface area contributed by atoms with Crippen LogP contribution in [0.25, 0.3) is 16.9 Å². The summed E-state index contributed by atoms with van der Waals surface area (Å²) in [6.45, 7) is -0.981. The van der Waals surface area contributed by atoms with Gasteiger partial charge in [0.1, 0.15) is 5.56 Å². The zero-order chi connectivity index (χ0) is 22.0. The Labute approximate surface area is 176 Å². The van der Waals surface area contributed by atoms with Crippen LogP contribution < -0.4 is 14.8 Å². The summed E-state index contributed by atoms with van der Waals surface area (Å²) < 4.78 is 36.0. The van der Waals surface area contributed by atoms with Crippen molar-refractivity contribution in [3.63, 3.8) is 0 Å². The molecule has 0 saturated carbocycles. The number of carbonyl (C=O) groups is 1. The van der Waals surface area contributed by atoms with E-state index in [0.29, 0.717) is 11.3 Å². The molecule has 0 unspecified atom stereocenters. The fourth-order valence-electron chi connectivity index (χ4n) is 3.13. The second-order valence-electron chi connectivity index (χ2n) is 6.69. The van der Waals surface area contributed by atoms with Gasteiger partial charge in [-0.2, -0.15) is 13.9 Å². The highest BCUT2D eigenvalue weighted by atomic mass is 19.3. The largest absolute Gasteiger partial charge is 0.493 e. The highest BCUT2D eigenvalue weighted by Crippen LogP contribution is 2.31. The summed E-state index contributed by atoms with van der Waals surface area (Å²) in [5.41, 5.74) is 3.86. The molecule has 4 aromatic rings. The number of fused-ring (bicyclic) bond motifs is 1. The standard InChI is InChI=1S/C22H18F2N4O3/c1-13-3-5-14(6-4-13)17-9-10-25-20-16(12-26-28(17)20)21(29)27-15-7-8-18(31-22(23)24)19(11-15)30-2/h3-12,22H,1-2H3,(H,27,29). The number of aryl methyl sites for hydroxylation is 1. The van der Waals surface area contributed by atoms with E-state index in [9.17, 15) is 13.6 Å². The van der Waals surface area contributed by atoms with Crippen molar-refractivity contribution in [2.24, 2.45) is 0 Å². The van der Waals surface area contributed by atoms with Gasteiger partial charge in [0.25, 0.3) is 5.91 Å². The zero-order valence-corrected chi connectivity index (χ0v) is 16.7. The quantitative estimate of drug-likeness (QED) is 0.491. The molecule has 0 fully saturated rings. The number of halogens is 2. The van der Waals surface area contributed by atoms with Gasteiger partial charge in [-0.25, -0.2) is 9.50 Å². The Hall–Kier alpha value is -4.01. The first kappa shape index (κ1) is 20.3. The Balaban J connectivity index is 1.63. The molecule has 2 aromatic carbocycles. The molecule has 0 atom stereocenters. The van der Waals surface area contributed by atoms with E-state index < -0.39 is 12.5 Å². The first-order valence-electron chi connectivity index (χ1n) is 9.30. The number of nitrogens with zero attached hydrogens (tertiary/aromatic N) is 3. The lowest BCUT2D eigenvalue weighted by Crippen LogP contribution is -2.12. The van der Waals surface area contributed by atoms with E-state index in [0.717, 1.165) is 16.8 Å². The summed E-state index contributed by atoms with van der Waals surface area (Å²) in [4.78, 5) is 17.1. The summed E-state index contributed by atoms with van der Waals surface area (Å²) in [7, 11) is 1.32. The van der Waals surface area contributed by atoms with Crippen molar-refractivity contribution in [2.45, 2.75) is 13.5 Å². The van der Waals surface area contributed by atoms with Gasteiger partial charge < -0.3 is 14.8 Å². The number of hydrogen-bond donors (Lipinski definition) is 1. The maximum atomic E-state index is 12.8. The smallest absolute Gasteiger partial charge is 0.387 e. The van der Waals surface area contributed by atoms with Crippen LogP contribution in [0.1, 0.15) is 15.9 Å². The molecular formula is C22H18F2N4O3. The minimum atomic E-state index is -2.98. The van der Waals surface area contributed by atoms with Crippen LogP contribution in [0.15, 0.2) is 60.9 Å². The number of methoxy groups -OCH3 is 1. The van der Waals surface area contributed by atoms with Crippen LogP contribution in [0, 0.1) is 6.92 Å². The van der Waals surface area contributed by atoms with Gasteiger partial charge in [-0.15, -0.1) is 0 Å². The summed E-state index contributed by atoms with van der Waals surface area (Å²) >= 11 is 0. The second kappa shape index (κ2) is 8.39. The molecule has 4 rings (SSSR count). The van der Waals surface area contributed by atoms with E-state index in [-0.39, 0.29) is 17.1 Å². The van der Waals surface area contributed by atoms with Gasteiger partial charge >= 0.3 is 6.61 Å². The first-order chi connectivity index (χ1) is 15.0. The van der Waals surface area contributed by atoms with Crippen molar-refractivity contribution in [3.8, 4) is 22.8 Å². The molecule has 1 N–H and O–H groups in total. The maximum Gasteiger partial charge on any atom is 0.387 e. The molecule has 9 heteroatoms. The molecule has 1 amide bonds. The third-order valence-corrected chi connectivity index (χ3v) is 4.63. The van der Waals surface area contributed by atoms with Gasteiger partial charge in [0.05, 0.1) is 19.0 Å². The summed E-state index contributed by atoms with van der Waals surface area (Å²) in [5.74, 6) is -0.512. The number of alkyl halides is 2. The number of hydrogen-bond acceptors (Lipinski definition) is 5. The van der Waals surface area contributed by atoms with E-state index in [4.69, 9.17) is 4.74 Å². The van der Waals surface area contributed by atoms with Gasteiger partial charge in [0, 0.05) is 23.5 Å². The summed E-state index contributed by atoms with van der Waals surface area (Å²) in [5, 5.41) is 7.03. The van der Waals surface area contributed by atoms with Crippen LogP contribution in [0.4, 0.5) is 14.5 Å². The number of amides is 1. The van der Waals surface area contributed by atoms with Crippen molar-refractivity contribution < 1.29 is 23.0 Å². The predicted molar refractivity (Wildman–Crippen MR) is 111 cm³/mol. The maximum absolute atomic E-state index is 12.8. The lowest BCUT2D eigenvalue weighted by atomic mass is 10.1. The van der Waals surface area contributed by atoms with E-state index in [1.807, 2.05) is 37.3 Å². The Bertz CT molecular complexity index is 1240. The third-order valence-electron chi connectivity index (χ3n) is 4.63. The monoisotopic (exact) mass is 424 g/mol. The third kappa shape index (κ3) is 4.16. The highest BCUT2D eigenvalue weighted by Gasteiger charge is 2.18. The Kier molecular flexibility index (Phi) is 5.48. The molecule has 158 valence electrons. The van der Waals surface area contributed by atoms with E-state index in [1.165, 1.54) is 31.5 Å². The van der Waals surface area contributed by atoms with Crippen molar-refractivity contribution in [3.05, 3.63) is 72.1 Å². The fraction of sp³-hybridized carbons (Fsp3) is 0.136. The van der Waals surface area contributed by atoms with Gasteiger partial charge in [-0.3, -0.25) is 4.79 Å². The van der Waals surface area contributed by atoms with Crippen molar-refractivity contribution in [2.75, 3.05) is 12.4 Å². The summed E-state index contributed by atoms with van der Waals surface area (Å²) in [6.07, 6.45) is 3.04. The van der Waals surface area contributed by atoms with E-state index >= 15 is 0 Å². The van der Waals surface area contributed by atoms with Crippen LogP contribution >= 0.6 is 0 Å². The molecule has 0 spiro atoms. The second-order valence-corrected chi connectivity index (χ2v) is 6.69. The predicted octanol–water partition coefficient (Wildman–Crippen LogP) is 4.57. The molecule has 0 bridgehead atoms. The molecular weight excluding hydrogens is 406 g/mol. The number of benzene rings is 2. The zero-order valence-electron chi connectivity index (χ0n) is 16.7. The fourth-order valence-corrected chi connectivity index (χ4v) is 3.13. The van der Waals surface area contributed by atoms with E-state index in [2.05, 4.69) is 20.1 Å². The summed E-state index contributed by atoms with van der Waals surface area (Å²) in [6, 6.07) is 13.9. The lowest BCUT2D eigenvalue weighted by molar-refractivity contribution is -0.0512. The molecule has 31 heavy (non-hydrogen) atoms. The SMILES string of the molecule is COc1cc(NC(=O)c2cnn3c(-c4ccc(C)cc4)ccnc23)ccc1OC(F)F. The van der Waals surface area contributed by atoms with Crippen LogP contribution in [0.2, 0.25) is 0 Å². The molecule has 2 aromatic heterocycles. The molecule has 0 aliphatic rings. The minimum absolute atomic E-state index is 0.0674. The number of aromatic nitrogens is 3. The van der Waals surface area contributed by atoms with Crippen LogP contribution in [0.5, 0.6) is 11.5 Å². The average Bonchev–Trinajstić information content (AvgIpc) is 3.19. The number of rotatable bonds is 6. The number of ether oxygens (including phenoxy) is 2. The molecule has 0 radical (unpaired) electrons. The van der Waals surface area contributed by atoms with Crippen LogP contribution in [-0.2, 0) is 0 Å². The molecule has 0 aliphatic carbocycles.